The first-order valence-electron chi connectivity index (χ1n) is 6.09. The number of aliphatic carboxylic acids is 1. The molecule has 3 heteroatoms. The molecule has 1 aromatic rings. The van der Waals surface area contributed by atoms with Crippen molar-refractivity contribution in [3.05, 3.63) is 42.0 Å². The summed E-state index contributed by atoms with van der Waals surface area (Å²) in [5.74, 6) is -1.17. The molecule has 1 N–H and O–H groups in total. The molecule has 98 valence electrons. The lowest BCUT2D eigenvalue weighted by atomic mass is 10.1. The van der Waals surface area contributed by atoms with Gasteiger partial charge in [-0.05, 0) is 26.0 Å². The zero-order valence-corrected chi connectivity index (χ0v) is 11.3. The Morgan fingerprint density at radius 3 is 2.39 bits per heavy atom. The van der Waals surface area contributed by atoms with Gasteiger partial charge >= 0.3 is 5.97 Å². The number of carboxylic acid groups (broad SMARTS) is 1. The number of carboxylic acids is 1. The Balaban J connectivity index is 2.87. The first-order valence-corrected chi connectivity index (χ1v) is 6.09. The van der Waals surface area contributed by atoms with Crippen molar-refractivity contribution in [2.45, 2.75) is 20.8 Å². The van der Waals surface area contributed by atoms with E-state index in [2.05, 4.69) is 11.5 Å². The summed E-state index contributed by atoms with van der Waals surface area (Å²) in [6.07, 6.45) is 0. The normalized spacial score (nSPS) is 11.9. The van der Waals surface area contributed by atoms with Gasteiger partial charge in [-0.15, -0.1) is 0 Å². The molecule has 0 heterocycles. The Labute approximate surface area is 109 Å². The fourth-order valence-electron chi connectivity index (χ4n) is 1.75. The second-order valence-corrected chi connectivity index (χ2v) is 4.91. The zero-order valence-electron chi connectivity index (χ0n) is 11.3. The highest BCUT2D eigenvalue weighted by atomic mass is 16.4. The molecular weight excluding hydrogens is 226 g/mol. The van der Waals surface area contributed by atoms with Crippen LogP contribution in [0.1, 0.15) is 19.4 Å². The van der Waals surface area contributed by atoms with Crippen LogP contribution >= 0.6 is 0 Å². The third kappa shape index (κ3) is 4.24. The molecule has 0 saturated carbocycles. The van der Waals surface area contributed by atoms with Gasteiger partial charge in [0.05, 0.1) is 5.92 Å². The van der Waals surface area contributed by atoms with E-state index >= 15 is 0 Å². The van der Waals surface area contributed by atoms with E-state index in [1.165, 1.54) is 5.56 Å². The third-order valence-electron chi connectivity index (χ3n) is 2.78. The van der Waals surface area contributed by atoms with Crippen molar-refractivity contribution in [3.8, 4) is 0 Å². The quantitative estimate of drug-likeness (QED) is 0.785. The van der Waals surface area contributed by atoms with Crippen LogP contribution in [-0.4, -0.2) is 24.2 Å². The summed E-state index contributed by atoms with van der Waals surface area (Å²) in [7, 11) is 0. The van der Waals surface area contributed by atoms with E-state index in [0.29, 0.717) is 13.1 Å². The van der Waals surface area contributed by atoms with Gasteiger partial charge in [0.1, 0.15) is 0 Å². The molecule has 0 saturated heterocycles. The Morgan fingerprint density at radius 1 is 1.39 bits per heavy atom. The van der Waals surface area contributed by atoms with E-state index in [1.54, 1.807) is 6.92 Å². The lowest BCUT2D eigenvalue weighted by molar-refractivity contribution is -0.140. The summed E-state index contributed by atoms with van der Waals surface area (Å²) >= 11 is 0. The van der Waals surface area contributed by atoms with Gasteiger partial charge in [-0.2, -0.15) is 0 Å². The number of benzene rings is 1. The largest absolute Gasteiger partial charge is 0.481 e. The number of aryl methyl sites for hydroxylation is 1. The first kappa shape index (κ1) is 14.3. The lowest BCUT2D eigenvalue weighted by Crippen LogP contribution is -2.33. The SMILES string of the molecule is C=C(C)CN(CC(C)C(=O)O)c1ccc(C)cc1. The van der Waals surface area contributed by atoms with E-state index in [1.807, 2.05) is 38.1 Å². The van der Waals surface area contributed by atoms with Crippen molar-refractivity contribution >= 4 is 11.7 Å². The van der Waals surface area contributed by atoms with E-state index in [9.17, 15) is 4.79 Å². The number of nitrogens with zero attached hydrogens (tertiary/aromatic N) is 1. The van der Waals surface area contributed by atoms with Crippen molar-refractivity contribution in [2.75, 3.05) is 18.0 Å². The van der Waals surface area contributed by atoms with E-state index in [0.717, 1.165) is 11.3 Å². The molecule has 3 nitrogen and oxygen atoms in total. The summed E-state index contributed by atoms with van der Waals surface area (Å²) in [5.41, 5.74) is 3.25. The number of carbonyl (C=O) groups is 1. The standard InChI is InChI=1S/C15H21NO2/c1-11(2)9-16(10-13(4)15(17)18)14-7-5-12(3)6-8-14/h5-8,13H,1,9-10H2,2-4H3,(H,17,18). The highest BCUT2D eigenvalue weighted by Gasteiger charge is 2.16. The molecule has 0 amide bonds. The average molecular weight is 247 g/mol. The predicted molar refractivity (Wildman–Crippen MR) is 75.0 cm³/mol. The predicted octanol–water partition coefficient (Wildman–Crippen LogP) is 3.10. The summed E-state index contributed by atoms with van der Waals surface area (Å²) in [5, 5.41) is 9.01. The molecule has 0 aliphatic heterocycles. The molecule has 18 heavy (non-hydrogen) atoms. The van der Waals surface area contributed by atoms with Crippen LogP contribution in [0.2, 0.25) is 0 Å². The van der Waals surface area contributed by atoms with Crippen LogP contribution in [-0.2, 0) is 4.79 Å². The van der Waals surface area contributed by atoms with Gasteiger partial charge in [0, 0.05) is 18.8 Å². The topological polar surface area (TPSA) is 40.5 Å². The molecule has 1 aromatic carbocycles. The van der Waals surface area contributed by atoms with Gasteiger partial charge < -0.3 is 10.0 Å². The van der Waals surface area contributed by atoms with Crippen molar-refractivity contribution < 1.29 is 9.90 Å². The summed E-state index contributed by atoms with van der Waals surface area (Å²) < 4.78 is 0. The fourth-order valence-corrected chi connectivity index (χ4v) is 1.75. The molecule has 0 bridgehead atoms. The second kappa shape index (κ2) is 6.24. The van der Waals surface area contributed by atoms with Crippen molar-refractivity contribution in [1.29, 1.82) is 0 Å². The zero-order chi connectivity index (χ0) is 13.7. The summed E-state index contributed by atoms with van der Waals surface area (Å²) in [4.78, 5) is 13.0. The van der Waals surface area contributed by atoms with E-state index in [4.69, 9.17) is 5.11 Å². The molecule has 0 aromatic heterocycles. The van der Waals surface area contributed by atoms with Crippen LogP contribution in [0.15, 0.2) is 36.4 Å². The van der Waals surface area contributed by atoms with Gasteiger partial charge in [-0.1, -0.05) is 36.8 Å². The highest BCUT2D eigenvalue weighted by Crippen LogP contribution is 2.18. The first-order chi connectivity index (χ1) is 8.40. The molecular formula is C15H21NO2. The van der Waals surface area contributed by atoms with Crippen LogP contribution in [0, 0.1) is 12.8 Å². The van der Waals surface area contributed by atoms with E-state index in [-0.39, 0.29) is 0 Å². The molecule has 0 aliphatic rings. The number of rotatable bonds is 6. The second-order valence-electron chi connectivity index (χ2n) is 4.91. The molecule has 0 aliphatic carbocycles. The van der Waals surface area contributed by atoms with Gasteiger partial charge in [0.15, 0.2) is 0 Å². The number of anilines is 1. The van der Waals surface area contributed by atoms with Crippen LogP contribution in [0.25, 0.3) is 0 Å². The summed E-state index contributed by atoms with van der Waals surface area (Å²) in [6.45, 7) is 10.8. The molecule has 1 atom stereocenters. The van der Waals surface area contributed by atoms with Crippen molar-refractivity contribution in [2.24, 2.45) is 5.92 Å². The Hall–Kier alpha value is -1.77. The third-order valence-corrected chi connectivity index (χ3v) is 2.78. The smallest absolute Gasteiger partial charge is 0.308 e. The minimum absolute atomic E-state index is 0.398. The lowest BCUT2D eigenvalue weighted by Gasteiger charge is -2.27. The number of hydrogen-bond acceptors (Lipinski definition) is 2. The Kier molecular flexibility index (Phi) is 4.95. The van der Waals surface area contributed by atoms with Gasteiger partial charge in [-0.3, -0.25) is 4.79 Å². The van der Waals surface area contributed by atoms with Gasteiger partial charge in [-0.25, -0.2) is 0 Å². The minimum Gasteiger partial charge on any atom is -0.481 e. The Bertz CT molecular complexity index is 423. The van der Waals surface area contributed by atoms with Crippen LogP contribution in [0.3, 0.4) is 0 Å². The molecule has 0 fully saturated rings. The molecule has 1 rings (SSSR count). The van der Waals surface area contributed by atoms with E-state index < -0.39 is 11.9 Å². The van der Waals surface area contributed by atoms with Gasteiger partial charge in [0.2, 0.25) is 0 Å². The van der Waals surface area contributed by atoms with Crippen LogP contribution in [0.4, 0.5) is 5.69 Å². The molecule has 1 unspecified atom stereocenters. The maximum atomic E-state index is 11.0. The number of hydrogen-bond donors (Lipinski definition) is 1. The fraction of sp³-hybridized carbons (Fsp3) is 0.400. The van der Waals surface area contributed by atoms with Crippen LogP contribution in [0.5, 0.6) is 0 Å². The summed E-state index contributed by atoms with van der Waals surface area (Å²) in [6, 6.07) is 8.11. The maximum absolute atomic E-state index is 11.0. The van der Waals surface area contributed by atoms with Crippen LogP contribution < -0.4 is 4.90 Å². The maximum Gasteiger partial charge on any atom is 0.308 e. The minimum atomic E-state index is -0.770. The Morgan fingerprint density at radius 2 is 1.94 bits per heavy atom. The van der Waals surface area contributed by atoms with Crippen molar-refractivity contribution in [3.63, 3.8) is 0 Å². The monoisotopic (exact) mass is 247 g/mol. The highest BCUT2D eigenvalue weighted by molar-refractivity contribution is 5.70. The van der Waals surface area contributed by atoms with Crippen molar-refractivity contribution in [1.82, 2.24) is 0 Å². The molecule has 0 radical (unpaired) electrons. The average Bonchev–Trinajstić information content (AvgIpc) is 2.28. The molecule has 0 spiro atoms. The van der Waals surface area contributed by atoms with Gasteiger partial charge in [0.25, 0.3) is 0 Å².